The first-order valence-electron chi connectivity index (χ1n) is 6.85. The first-order valence-corrected chi connectivity index (χ1v) is 7.26. The summed E-state index contributed by atoms with van der Waals surface area (Å²) >= 11 is 5.02. The number of aromatic amines is 1. The maximum Gasteiger partial charge on any atom is 0.435 e. The van der Waals surface area contributed by atoms with Gasteiger partial charge in [0, 0.05) is 13.1 Å². The zero-order valence-corrected chi connectivity index (χ0v) is 13.4. The first kappa shape index (κ1) is 16.9. The Morgan fingerprint density at radius 2 is 2.00 bits per heavy atom. The molecule has 0 fully saturated rings. The molecule has 0 saturated heterocycles. The number of halogens is 3. The van der Waals surface area contributed by atoms with Gasteiger partial charge in [0.2, 0.25) is 0 Å². The largest absolute Gasteiger partial charge is 0.435 e. The molecule has 1 amide bonds. The third kappa shape index (κ3) is 3.05. The van der Waals surface area contributed by atoms with Crippen LogP contribution in [0.2, 0.25) is 0 Å². The number of nitrogens with zero attached hydrogens (tertiary/aromatic N) is 3. The lowest BCUT2D eigenvalue weighted by Gasteiger charge is -2.09. The Kier molecular flexibility index (Phi) is 3.95. The summed E-state index contributed by atoms with van der Waals surface area (Å²) in [4.78, 5) is 27.4. The van der Waals surface area contributed by atoms with E-state index in [4.69, 9.17) is 12.2 Å². The minimum Gasteiger partial charge on any atom is -0.330 e. The molecule has 0 aliphatic carbocycles. The van der Waals surface area contributed by atoms with Crippen molar-refractivity contribution in [2.24, 2.45) is 7.05 Å². The molecule has 2 aromatic heterocycles. The minimum absolute atomic E-state index is 0.102. The van der Waals surface area contributed by atoms with Crippen LogP contribution in [-0.4, -0.2) is 25.3 Å². The number of H-pyrrole nitrogens is 1. The van der Waals surface area contributed by atoms with Crippen LogP contribution in [0.3, 0.4) is 0 Å². The fourth-order valence-electron chi connectivity index (χ4n) is 2.24. The fraction of sp³-hybridized carbons (Fsp3) is 0.143. The zero-order valence-electron chi connectivity index (χ0n) is 12.6. The quantitative estimate of drug-likeness (QED) is 0.679. The molecule has 25 heavy (non-hydrogen) atoms. The molecule has 7 nitrogen and oxygen atoms in total. The predicted octanol–water partition coefficient (Wildman–Crippen LogP) is 2.20. The Labute approximate surface area is 142 Å². The third-order valence-electron chi connectivity index (χ3n) is 3.42. The van der Waals surface area contributed by atoms with Gasteiger partial charge >= 0.3 is 6.18 Å². The number of para-hydroxylation sites is 1. The second kappa shape index (κ2) is 5.84. The Balaban J connectivity index is 2.02. The summed E-state index contributed by atoms with van der Waals surface area (Å²) in [7, 11) is 1.19. The van der Waals surface area contributed by atoms with Gasteiger partial charge in [0.15, 0.2) is 10.5 Å². The van der Waals surface area contributed by atoms with Gasteiger partial charge < -0.3 is 4.98 Å². The molecule has 0 aliphatic rings. The van der Waals surface area contributed by atoms with Crippen molar-refractivity contribution in [2.45, 2.75) is 6.18 Å². The smallest absolute Gasteiger partial charge is 0.330 e. The molecule has 130 valence electrons. The molecule has 11 heteroatoms. The zero-order chi connectivity index (χ0) is 18.4. The van der Waals surface area contributed by atoms with Crippen LogP contribution in [0, 0.1) is 4.77 Å². The van der Waals surface area contributed by atoms with E-state index in [2.05, 4.69) is 15.5 Å². The van der Waals surface area contributed by atoms with Gasteiger partial charge in [-0.15, -0.1) is 0 Å². The maximum absolute atomic E-state index is 12.7. The van der Waals surface area contributed by atoms with E-state index < -0.39 is 23.3 Å². The summed E-state index contributed by atoms with van der Waals surface area (Å²) < 4.78 is 39.5. The average Bonchev–Trinajstić information content (AvgIpc) is 2.93. The van der Waals surface area contributed by atoms with Crippen molar-refractivity contribution in [3.63, 3.8) is 0 Å². The highest BCUT2D eigenvalue weighted by Crippen LogP contribution is 2.28. The van der Waals surface area contributed by atoms with E-state index in [1.807, 2.05) is 0 Å². The Morgan fingerprint density at radius 1 is 1.32 bits per heavy atom. The van der Waals surface area contributed by atoms with E-state index in [0.29, 0.717) is 11.6 Å². The molecule has 2 N–H and O–H groups in total. The second-order valence-electron chi connectivity index (χ2n) is 5.09. The molecule has 0 unspecified atom stereocenters. The Bertz CT molecular complexity index is 1100. The molecular formula is C14H10F3N5O2S. The molecule has 0 bridgehead atoms. The number of nitrogens with one attached hydrogen (secondary N) is 2. The maximum atomic E-state index is 12.7. The van der Waals surface area contributed by atoms with E-state index in [9.17, 15) is 22.8 Å². The lowest BCUT2D eigenvalue weighted by molar-refractivity contribution is -0.141. The van der Waals surface area contributed by atoms with Crippen LogP contribution in [0.5, 0.6) is 0 Å². The monoisotopic (exact) mass is 369 g/mol. The van der Waals surface area contributed by atoms with Crippen molar-refractivity contribution < 1.29 is 18.0 Å². The number of rotatable bonds is 2. The van der Waals surface area contributed by atoms with Gasteiger partial charge in [0.05, 0.1) is 10.9 Å². The van der Waals surface area contributed by atoms with Gasteiger partial charge in [-0.2, -0.15) is 22.9 Å². The van der Waals surface area contributed by atoms with Crippen LogP contribution in [-0.2, 0) is 13.2 Å². The lowest BCUT2D eigenvalue weighted by atomic mass is 10.2. The van der Waals surface area contributed by atoms with E-state index in [0.717, 1.165) is 9.36 Å². The van der Waals surface area contributed by atoms with Crippen molar-refractivity contribution in [2.75, 3.05) is 5.43 Å². The first-order chi connectivity index (χ1) is 11.7. The van der Waals surface area contributed by atoms with E-state index in [-0.39, 0.29) is 15.9 Å². The Morgan fingerprint density at radius 3 is 2.64 bits per heavy atom. The van der Waals surface area contributed by atoms with Crippen molar-refractivity contribution in [3.05, 3.63) is 56.8 Å². The van der Waals surface area contributed by atoms with Crippen LogP contribution >= 0.6 is 12.2 Å². The molecule has 1 aromatic carbocycles. The van der Waals surface area contributed by atoms with Crippen molar-refractivity contribution in [1.82, 2.24) is 19.4 Å². The number of carbonyl (C=O) groups is 1. The number of hydrogen-bond acceptors (Lipinski definition) is 4. The van der Waals surface area contributed by atoms with Crippen molar-refractivity contribution in [1.29, 1.82) is 0 Å². The SMILES string of the molecule is Cn1nc(C(F)(F)F)cc1C(=O)Nn1c(=S)[nH]c2ccccc2c1=O. The third-order valence-corrected chi connectivity index (χ3v) is 3.71. The van der Waals surface area contributed by atoms with E-state index in [1.165, 1.54) is 13.1 Å². The molecule has 0 aliphatic heterocycles. The molecule has 3 rings (SSSR count). The average molecular weight is 369 g/mol. The van der Waals surface area contributed by atoms with Gasteiger partial charge in [-0.3, -0.25) is 19.7 Å². The number of alkyl halides is 3. The number of aromatic nitrogens is 4. The number of benzene rings is 1. The summed E-state index contributed by atoms with van der Waals surface area (Å²) in [5.41, 5.74) is 0.478. The standard InChI is InChI=1S/C14H10F3N5O2S/c1-21-9(6-10(19-21)14(15,16)17)11(23)20-22-12(24)7-4-2-3-5-8(7)18-13(22)25/h2-6H,1H3,(H,18,25)(H,20,23). The fourth-order valence-corrected chi connectivity index (χ4v) is 2.48. The number of carbonyl (C=O) groups excluding carboxylic acids is 1. The van der Waals surface area contributed by atoms with Gasteiger partial charge in [0.25, 0.3) is 11.5 Å². The molecule has 0 saturated carbocycles. The van der Waals surface area contributed by atoms with E-state index >= 15 is 0 Å². The number of aryl methyl sites for hydroxylation is 1. The van der Waals surface area contributed by atoms with Crippen LogP contribution in [0.1, 0.15) is 16.2 Å². The van der Waals surface area contributed by atoms with Gasteiger partial charge in [-0.25, -0.2) is 0 Å². The van der Waals surface area contributed by atoms with Crippen molar-refractivity contribution >= 4 is 29.0 Å². The molecule has 0 atom stereocenters. The van der Waals surface area contributed by atoms with Gasteiger partial charge in [-0.05, 0) is 24.4 Å². The molecule has 0 spiro atoms. The summed E-state index contributed by atoms with van der Waals surface area (Å²) in [6.45, 7) is 0. The second-order valence-corrected chi connectivity index (χ2v) is 5.48. The van der Waals surface area contributed by atoms with Crippen LogP contribution in [0.4, 0.5) is 13.2 Å². The van der Waals surface area contributed by atoms with Crippen LogP contribution in [0.25, 0.3) is 10.9 Å². The summed E-state index contributed by atoms with van der Waals surface area (Å²) in [5, 5.41) is 3.51. The molecule has 0 radical (unpaired) electrons. The topological polar surface area (TPSA) is 84.7 Å². The summed E-state index contributed by atoms with van der Waals surface area (Å²) in [5.74, 6) is -0.956. The van der Waals surface area contributed by atoms with Crippen LogP contribution in [0.15, 0.2) is 35.1 Å². The highest BCUT2D eigenvalue weighted by molar-refractivity contribution is 7.71. The normalized spacial score (nSPS) is 11.7. The summed E-state index contributed by atoms with van der Waals surface area (Å²) in [6.07, 6.45) is -4.69. The summed E-state index contributed by atoms with van der Waals surface area (Å²) in [6, 6.07) is 7.08. The lowest BCUT2D eigenvalue weighted by Crippen LogP contribution is -2.35. The highest BCUT2D eigenvalue weighted by atomic mass is 32.1. The molecular weight excluding hydrogens is 359 g/mol. The molecule has 3 aromatic rings. The number of fused-ring (bicyclic) bond motifs is 1. The van der Waals surface area contributed by atoms with Gasteiger partial charge in [0.1, 0.15) is 5.69 Å². The predicted molar refractivity (Wildman–Crippen MR) is 85.3 cm³/mol. The molecule has 2 heterocycles. The highest BCUT2D eigenvalue weighted by Gasteiger charge is 2.35. The minimum atomic E-state index is -4.69. The van der Waals surface area contributed by atoms with E-state index in [1.54, 1.807) is 18.2 Å². The van der Waals surface area contributed by atoms with Crippen LogP contribution < -0.4 is 11.0 Å². The van der Waals surface area contributed by atoms with Crippen molar-refractivity contribution in [3.8, 4) is 0 Å². The number of hydrogen-bond donors (Lipinski definition) is 2. The van der Waals surface area contributed by atoms with Gasteiger partial charge in [-0.1, -0.05) is 12.1 Å². The Hall–Kier alpha value is -2.95. The number of amides is 1.